The van der Waals surface area contributed by atoms with Gasteiger partial charge in [0.1, 0.15) is 5.75 Å². The number of hydrogen-bond acceptors (Lipinski definition) is 3. The van der Waals surface area contributed by atoms with E-state index in [2.05, 4.69) is 42.2 Å². The van der Waals surface area contributed by atoms with Gasteiger partial charge in [0, 0.05) is 6.54 Å². The van der Waals surface area contributed by atoms with Crippen LogP contribution in [0, 0.1) is 0 Å². The van der Waals surface area contributed by atoms with Gasteiger partial charge in [-0.25, -0.2) is 0 Å². The van der Waals surface area contributed by atoms with Gasteiger partial charge in [0.25, 0.3) is 0 Å². The zero-order valence-corrected chi connectivity index (χ0v) is 14.4. The third-order valence-electron chi connectivity index (χ3n) is 3.75. The molecule has 3 heteroatoms. The summed E-state index contributed by atoms with van der Waals surface area (Å²) in [5.74, 6) is 0.886. The number of benzene rings is 2. The number of aliphatic hydroxyl groups excluding tert-OH is 1. The smallest absolute Gasteiger partial charge is 0.119 e. The molecule has 0 spiro atoms. The van der Waals surface area contributed by atoms with Crippen molar-refractivity contribution in [1.82, 2.24) is 4.90 Å². The SMILES string of the molecule is CCCCOc1cccc(-c2ccc(CN(C)C)cc2CO)c1. The molecule has 0 bridgehead atoms. The summed E-state index contributed by atoms with van der Waals surface area (Å²) < 4.78 is 5.79. The zero-order chi connectivity index (χ0) is 16.7. The molecule has 3 nitrogen and oxygen atoms in total. The Labute approximate surface area is 139 Å². The van der Waals surface area contributed by atoms with Gasteiger partial charge in [0.2, 0.25) is 0 Å². The van der Waals surface area contributed by atoms with Crippen molar-refractivity contribution >= 4 is 0 Å². The minimum atomic E-state index is 0.0392. The number of rotatable bonds is 8. The minimum absolute atomic E-state index is 0.0392. The van der Waals surface area contributed by atoms with Crippen molar-refractivity contribution in [1.29, 1.82) is 0 Å². The predicted molar refractivity (Wildman–Crippen MR) is 95.6 cm³/mol. The number of hydrogen-bond donors (Lipinski definition) is 1. The van der Waals surface area contributed by atoms with Crippen LogP contribution in [0.4, 0.5) is 0 Å². The summed E-state index contributed by atoms with van der Waals surface area (Å²) in [6.45, 7) is 3.81. The van der Waals surface area contributed by atoms with Crippen LogP contribution in [0.5, 0.6) is 5.75 Å². The lowest BCUT2D eigenvalue weighted by atomic mass is 9.97. The van der Waals surface area contributed by atoms with Crippen molar-refractivity contribution < 1.29 is 9.84 Å². The molecule has 1 N–H and O–H groups in total. The maximum atomic E-state index is 9.74. The lowest BCUT2D eigenvalue weighted by Crippen LogP contribution is -2.11. The Kier molecular flexibility index (Phi) is 6.63. The molecule has 0 aliphatic carbocycles. The first-order valence-corrected chi connectivity index (χ1v) is 8.24. The largest absolute Gasteiger partial charge is 0.494 e. The fourth-order valence-corrected chi connectivity index (χ4v) is 2.61. The Morgan fingerprint density at radius 3 is 2.61 bits per heavy atom. The Morgan fingerprint density at radius 2 is 1.91 bits per heavy atom. The third kappa shape index (κ3) is 5.08. The van der Waals surface area contributed by atoms with Gasteiger partial charge >= 0.3 is 0 Å². The molecule has 0 atom stereocenters. The maximum Gasteiger partial charge on any atom is 0.119 e. The Morgan fingerprint density at radius 1 is 1.09 bits per heavy atom. The highest BCUT2D eigenvalue weighted by Crippen LogP contribution is 2.28. The standard InChI is InChI=1S/C20H27NO2/c1-4-5-11-23-19-8-6-7-17(13-19)20-10-9-16(14-21(2)3)12-18(20)15-22/h6-10,12-13,22H,4-5,11,14-15H2,1-3H3. The van der Waals surface area contributed by atoms with E-state index in [1.165, 1.54) is 5.56 Å². The van der Waals surface area contributed by atoms with Gasteiger partial charge in [-0.2, -0.15) is 0 Å². The van der Waals surface area contributed by atoms with Crippen LogP contribution in [0.25, 0.3) is 11.1 Å². The maximum absolute atomic E-state index is 9.74. The van der Waals surface area contributed by atoms with E-state index in [-0.39, 0.29) is 6.61 Å². The first kappa shape index (κ1) is 17.5. The molecule has 0 unspecified atom stereocenters. The van der Waals surface area contributed by atoms with Gasteiger partial charge < -0.3 is 14.7 Å². The molecule has 0 amide bonds. The first-order valence-electron chi connectivity index (χ1n) is 8.24. The quantitative estimate of drug-likeness (QED) is 0.745. The Hall–Kier alpha value is -1.84. The second kappa shape index (κ2) is 8.70. The molecule has 0 aliphatic rings. The molecule has 0 saturated heterocycles. The monoisotopic (exact) mass is 313 g/mol. The first-order chi connectivity index (χ1) is 11.1. The lowest BCUT2D eigenvalue weighted by molar-refractivity contribution is 0.282. The molecular weight excluding hydrogens is 286 g/mol. The molecular formula is C20H27NO2. The van der Waals surface area contributed by atoms with Crippen LogP contribution in [0.1, 0.15) is 30.9 Å². The Balaban J connectivity index is 2.25. The second-order valence-electron chi connectivity index (χ2n) is 6.12. The summed E-state index contributed by atoms with van der Waals surface area (Å²) in [6.07, 6.45) is 2.19. The molecule has 2 rings (SSSR count). The lowest BCUT2D eigenvalue weighted by Gasteiger charge is -2.14. The van der Waals surface area contributed by atoms with Gasteiger partial charge in [-0.1, -0.05) is 43.7 Å². The van der Waals surface area contributed by atoms with E-state index >= 15 is 0 Å². The van der Waals surface area contributed by atoms with E-state index in [0.29, 0.717) is 0 Å². The van der Waals surface area contributed by atoms with Crippen LogP contribution in [0.15, 0.2) is 42.5 Å². The van der Waals surface area contributed by atoms with E-state index in [9.17, 15) is 5.11 Å². The fourth-order valence-electron chi connectivity index (χ4n) is 2.61. The molecule has 0 aromatic heterocycles. The van der Waals surface area contributed by atoms with Crippen molar-refractivity contribution in [2.24, 2.45) is 0 Å². The van der Waals surface area contributed by atoms with Gasteiger partial charge in [0.05, 0.1) is 13.2 Å². The highest BCUT2D eigenvalue weighted by atomic mass is 16.5. The van der Waals surface area contributed by atoms with E-state index in [0.717, 1.165) is 48.4 Å². The van der Waals surface area contributed by atoms with E-state index < -0.39 is 0 Å². The summed E-state index contributed by atoms with van der Waals surface area (Å²) in [7, 11) is 4.09. The van der Waals surface area contributed by atoms with Gasteiger partial charge in [0.15, 0.2) is 0 Å². The molecule has 0 heterocycles. The van der Waals surface area contributed by atoms with Crippen LogP contribution >= 0.6 is 0 Å². The van der Waals surface area contributed by atoms with E-state index in [1.807, 2.05) is 26.2 Å². The molecule has 2 aromatic carbocycles. The third-order valence-corrected chi connectivity index (χ3v) is 3.75. The number of nitrogens with zero attached hydrogens (tertiary/aromatic N) is 1. The predicted octanol–water partition coefficient (Wildman–Crippen LogP) is 4.09. The molecule has 0 radical (unpaired) electrons. The van der Waals surface area contributed by atoms with Crippen molar-refractivity contribution in [3.63, 3.8) is 0 Å². The fraction of sp³-hybridized carbons (Fsp3) is 0.400. The number of ether oxygens (including phenoxy) is 1. The molecule has 0 fully saturated rings. The van der Waals surface area contributed by atoms with Crippen LogP contribution < -0.4 is 4.74 Å². The minimum Gasteiger partial charge on any atom is -0.494 e. The van der Waals surface area contributed by atoms with Crippen molar-refractivity contribution in [3.05, 3.63) is 53.6 Å². The number of aliphatic hydroxyl groups is 1. The Bertz CT molecular complexity index is 623. The van der Waals surface area contributed by atoms with Gasteiger partial charge in [-0.15, -0.1) is 0 Å². The summed E-state index contributed by atoms with van der Waals surface area (Å²) >= 11 is 0. The average Bonchev–Trinajstić information content (AvgIpc) is 2.54. The van der Waals surface area contributed by atoms with Gasteiger partial charge in [-0.05, 0) is 54.9 Å². The van der Waals surface area contributed by atoms with Crippen LogP contribution in [0.2, 0.25) is 0 Å². The topological polar surface area (TPSA) is 32.7 Å². The molecule has 0 aliphatic heterocycles. The summed E-state index contributed by atoms with van der Waals surface area (Å²) in [6, 6.07) is 14.4. The summed E-state index contributed by atoms with van der Waals surface area (Å²) in [4.78, 5) is 2.12. The highest BCUT2D eigenvalue weighted by molar-refractivity contribution is 5.69. The average molecular weight is 313 g/mol. The summed E-state index contributed by atoms with van der Waals surface area (Å²) in [5.41, 5.74) is 4.31. The van der Waals surface area contributed by atoms with Crippen LogP contribution in [0.3, 0.4) is 0 Å². The van der Waals surface area contributed by atoms with Crippen molar-refractivity contribution in [2.75, 3.05) is 20.7 Å². The van der Waals surface area contributed by atoms with Crippen LogP contribution in [-0.4, -0.2) is 30.7 Å². The normalized spacial score (nSPS) is 11.0. The van der Waals surface area contributed by atoms with Crippen molar-refractivity contribution in [2.45, 2.75) is 32.9 Å². The molecule has 124 valence electrons. The molecule has 2 aromatic rings. The number of unbranched alkanes of at least 4 members (excludes halogenated alkanes) is 1. The van der Waals surface area contributed by atoms with Crippen LogP contribution in [-0.2, 0) is 13.2 Å². The zero-order valence-electron chi connectivity index (χ0n) is 14.4. The van der Waals surface area contributed by atoms with Crippen molar-refractivity contribution in [3.8, 4) is 16.9 Å². The highest BCUT2D eigenvalue weighted by Gasteiger charge is 2.08. The van der Waals surface area contributed by atoms with E-state index in [4.69, 9.17) is 4.74 Å². The second-order valence-corrected chi connectivity index (χ2v) is 6.12. The molecule has 23 heavy (non-hydrogen) atoms. The summed E-state index contributed by atoms with van der Waals surface area (Å²) in [5, 5.41) is 9.74. The van der Waals surface area contributed by atoms with Gasteiger partial charge in [-0.3, -0.25) is 0 Å². The molecule has 0 saturated carbocycles. The van der Waals surface area contributed by atoms with E-state index in [1.54, 1.807) is 0 Å².